The van der Waals surface area contributed by atoms with E-state index in [0.717, 1.165) is 13.0 Å². The van der Waals surface area contributed by atoms with Crippen LogP contribution in [-0.2, 0) is 14.3 Å². The zero-order valence-electron chi connectivity index (χ0n) is 10.1. The van der Waals surface area contributed by atoms with Crippen LogP contribution in [0.5, 0.6) is 0 Å². The van der Waals surface area contributed by atoms with Crippen LogP contribution in [0.3, 0.4) is 0 Å². The molecule has 0 saturated carbocycles. The molecule has 0 unspecified atom stereocenters. The first-order chi connectivity index (χ1) is 7.72. The molecule has 0 aromatic rings. The average Bonchev–Trinajstić information content (AvgIpc) is 2.31. The Balaban J connectivity index is 3.38. The number of hydrogen-bond acceptors (Lipinski definition) is 4. The summed E-state index contributed by atoms with van der Waals surface area (Å²) in [6, 6.07) is 0. The molecule has 4 nitrogen and oxygen atoms in total. The van der Waals surface area contributed by atoms with Crippen LogP contribution in [0, 0.1) is 0 Å². The Labute approximate surface area is 97.3 Å². The molecule has 0 heterocycles. The summed E-state index contributed by atoms with van der Waals surface area (Å²) in [6.07, 6.45) is 4.51. The van der Waals surface area contributed by atoms with Gasteiger partial charge >= 0.3 is 5.97 Å². The first-order valence-electron chi connectivity index (χ1n) is 5.36. The lowest BCUT2D eigenvalue weighted by Gasteiger charge is -2.03. The van der Waals surface area contributed by atoms with E-state index in [0.29, 0.717) is 25.3 Å². The van der Waals surface area contributed by atoms with Gasteiger partial charge in [-0.2, -0.15) is 0 Å². The number of hydrogen-bond donors (Lipinski definition) is 1. The average molecular weight is 227 g/mol. The Bertz CT molecular complexity index is 236. The molecule has 1 N–H and O–H groups in total. The number of carbonyl (C=O) groups is 1. The Hall–Kier alpha value is -1.13. The highest BCUT2D eigenvalue weighted by Gasteiger charge is 2.00. The molecule has 0 aliphatic rings. The molecular weight excluding hydrogens is 206 g/mol. The van der Waals surface area contributed by atoms with Crippen LogP contribution in [0.25, 0.3) is 0 Å². The van der Waals surface area contributed by atoms with Gasteiger partial charge in [0.05, 0.1) is 20.3 Å². The molecule has 0 amide bonds. The van der Waals surface area contributed by atoms with Crippen molar-refractivity contribution in [1.82, 2.24) is 5.32 Å². The first kappa shape index (κ1) is 14.9. The highest BCUT2D eigenvalue weighted by Crippen LogP contribution is 1.93. The third kappa shape index (κ3) is 8.20. The quantitative estimate of drug-likeness (QED) is 0.279. The van der Waals surface area contributed by atoms with Crippen molar-refractivity contribution in [2.75, 3.05) is 33.4 Å². The highest BCUT2D eigenvalue weighted by atomic mass is 16.5. The fraction of sp³-hybridized carbons (Fsp3) is 0.583. The topological polar surface area (TPSA) is 47.6 Å². The maximum Gasteiger partial charge on any atom is 0.333 e. The molecule has 4 heteroatoms. The second-order valence-electron chi connectivity index (χ2n) is 3.27. The van der Waals surface area contributed by atoms with E-state index in [9.17, 15) is 4.79 Å². The minimum absolute atomic E-state index is 0.288. The third-order valence-electron chi connectivity index (χ3n) is 1.95. The molecule has 16 heavy (non-hydrogen) atoms. The lowest BCUT2D eigenvalue weighted by Crippen LogP contribution is -2.20. The summed E-state index contributed by atoms with van der Waals surface area (Å²) < 4.78 is 9.87. The normalized spacial score (nSPS) is 11.2. The summed E-state index contributed by atoms with van der Waals surface area (Å²) in [4.78, 5) is 11.0. The maximum absolute atomic E-state index is 11.0. The third-order valence-corrected chi connectivity index (χ3v) is 1.95. The molecule has 0 radical (unpaired) electrons. The van der Waals surface area contributed by atoms with Gasteiger partial charge in [0.1, 0.15) is 0 Å². The molecule has 0 saturated heterocycles. The standard InChI is InChI=1S/C12H21NO3/c1-4-5-9-16-10-8-13-7-6-11(2)12(14)15-3/h4,6,13H,1,5,7-10H2,2-3H3/b11-6+. The molecule has 0 bridgehead atoms. The molecule has 0 aromatic carbocycles. The van der Waals surface area contributed by atoms with E-state index in [1.807, 2.05) is 6.08 Å². The summed E-state index contributed by atoms with van der Waals surface area (Å²) in [5.41, 5.74) is 0.613. The van der Waals surface area contributed by atoms with Crippen molar-refractivity contribution in [3.8, 4) is 0 Å². The van der Waals surface area contributed by atoms with Gasteiger partial charge in [0.2, 0.25) is 0 Å². The van der Waals surface area contributed by atoms with Crippen molar-refractivity contribution >= 4 is 5.97 Å². The van der Waals surface area contributed by atoms with E-state index >= 15 is 0 Å². The first-order valence-corrected chi connectivity index (χ1v) is 5.36. The van der Waals surface area contributed by atoms with Gasteiger partial charge in [0.15, 0.2) is 0 Å². The van der Waals surface area contributed by atoms with E-state index in [-0.39, 0.29) is 5.97 Å². The van der Waals surface area contributed by atoms with E-state index in [1.165, 1.54) is 7.11 Å². The van der Waals surface area contributed by atoms with Gasteiger partial charge < -0.3 is 14.8 Å². The molecule has 0 fully saturated rings. The molecule has 0 aliphatic carbocycles. The molecule has 0 aliphatic heterocycles. The molecule has 0 aromatic heterocycles. The van der Waals surface area contributed by atoms with E-state index in [1.54, 1.807) is 13.0 Å². The predicted molar refractivity (Wildman–Crippen MR) is 64.3 cm³/mol. The molecule has 0 spiro atoms. The lowest BCUT2D eigenvalue weighted by molar-refractivity contribution is -0.136. The van der Waals surface area contributed by atoms with Crippen molar-refractivity contribution in [3.05, 3.63) is 24.3 Å². The Kier molecular flexibility index (Phi) is 9.66. The number of esters is 1. The van der Waals surface area contributed by atoms with Gasteiger partial charge in [-0.3, -0.25) is 0 Å². The van der Waals surface area contributed by atoms with Crippen LogP contribution in [-0.4, -0.2) is 39.4 Å². The van der Waals surface area contributed by atoms with Crippen LogP contribution in [0.1, 0.15) is 13.3 Å². The summed E-state index contributed by atoms with van der Waals surface area (Å²) in [5, 5.41) is 3.14. The van der Waals surface area contributed by atoms with E-state index < -0.39 is 0 Å². The minimum Gasteiger partial charge on any atom is -0.466 e. The number of methoxy groups -OCH3 is 1. The summed E-state index contributed by atoms with van der Waals surface area (Å²) >= 11 is 0. The van der Waals surface area contributed by atoms with Crippen LogP contribution >= 0.6 is 0 Å². The smallest absolute Gasteiger partial charge is 0.333 e. The van der Waals surface area contributed by atoms with Crippen LogP contribution in [0.4, 0.5) is 0 Å². The van der Waals surface area contributed by atoms with Gasteiger partial charge in [-0.15, -0.1) is 6.58 Å². The monoisotopic (exact) mass is 227 g/mol. The van der Waals surface area contributed by atoms with Crippen LogP contribution in [0.15, 0.2) is 24.3 Å². The lowest BCUT2D eigenvalue weighted by atomic mass is 10.3. The summed E-state index contributed by atoms with van der Waals surface area (Å²) in [6.45, 7) is 8.12. The van der Waals surface area contributed by atoms with E-state index in [4.69, 9.17) is 4.74 Å². The highest BCUT2D eigenvalue weighted by molar-refractivity contribution is 5.87. The maximum atomic E-state index is 11.0. The zero-order chi connectivity index (χ0) is 12.2. The van der Waals surface area contributed by atoms with Crippen molar-refractivity contribution in [2.24, 2.45) is 0 Å². The Morgan fingerprint density at radius 3 is 2.81 bits per heavy atom. The number of rotatable bonds is 9. The fourth-order valence-electron chi connectivity index (χ4n) is 0.985. The second-order valence-corrected chi connectivity index (χ2v) is 3.27. The van der Waals surface area contributed by atoms with Gasteiger partial charge in [-0.25, -0.2) is 4.79 Å². The minimum atomic E-state index is -0.288. The van der Waals surface area contributed by atoms with Gasteiger partial charge in [0.25, 0.3) is 0 Å². The summed E-state index contributed by atoms with van der Waals surface area (Å²) in [5.74, 6) is -0.288. The van der Waals surface area contributed by atoms with E-state index in [2.05, 4.69) is 16.6 Å². The fourth-order valence-corrected chi connectivity index (χ4v) is 0.985. The van der Waals surface area contributed by atoms with Crippen molar-refractivity contribution < 1.29 is 14.3 Å². The molecule has 92 valence electrons. The van der Waals surface area contributed by atoms with Gasteiger partial charge in [0, 0.05) is 18.7 Å². The van der Waals surface area contributed by atoms with Crippen molar-refractivity contribution in [3.63, 3.8) is 0 Å². The number of ether oxygens (including phenoxy) is 2. The molecule has 0 atom stereocenters. The Morgan fingerprint density at radius 2 is 2.19 bits per heavy atom. The van der Waals surface area contributed by atoms with Crippen molar-refractivity contribution in [2.45, 2.75) is 13.3 Å². The molecule has 0 rings (SSSR count). The predicted octanol–water partition coefficient (Wildman–Crippen LogP) is 1.29. The number of nitrogens with one attached hydrogen (secondary N) is 1. The Morgan fingerprint density at radius 1 is 1.44 bits per heavy atom. The number of carbonyl (C=O) groups excluding carboxylic acids is 1. The SMILES string of the molecule is C=CCCOCCNC/C=C(\C)C(=O)OC. The van der Waals surface area contributed by atoms with Gasteiger partial charge in [-0.1, -0.05) is 12.2 Å². The van der Waals surface area contributed by atoms with Crippen molar-refractivity contribution in [1.29, 1.82) is 0 Å². The van der Waals surface area contributed by atoms with Crippen LogP contribution < -0.4 is 5.32 Å². The van der Waals surface area contributed by atoms with Crippen LogP contribution in [0.2, 0.25) is 0 Å². The largest absolute Gasteiger partial charge is 0.466 e. The zero-order valence-corrected chi connectivity index (χ0v) is 10.1. The summed E-state index contributed by atoms with van der Waals surface area (Å²) in [7, 11) is 1.38. The van der Waals surface area contributed by atoms with Gasteiger partial charge in [-0.05, 0) is 13.3 Å². The molecular formula is C12H21NO3. The second kappa shape index (κ2) is 10.4.